The van der Waals surface area contributed by atoms with Crippen LogP contribution in [0, 0.1) is 11.8 Å². The van der Waals surface area contributed by atoms with Crippen LogP contribution in [0.5, 0.6) is 5.75 Å². The van der Waals surface area contributed by atoms with E-state index in [1.165, 1.54) is 0 Å². The minimum absolute atomic E-state index is 0.139. The molecule has 0 spiro atoms. The number of carbonyl (C=O) groups is 1. The van der Waals surface area contributed by atoms with E-state index < -0.39 is 5.97 Å². The lowest BCUT2D eigenvalue weighted by Crippen LogP contribution is -2.22. The normalized spacial score (nSPS) is 10.3. The van der Waals surface area contributed by atoms with Crippen LogP contribution in [0.3, 0.4) is 0 Å². The van der Waals surface area contributed by atoms with Crippen molar-refractivity contribution in [1.82, 2.24) is 0 Å². The molecule has 90 valence electrons. The zero-order chi connectivity index (χ0) is 12.9. The molecule has 0 unspecified atom stereocenters. The van der Waals surface area contributed by atoms with E-state index in [1.807, 2.05) is 45.0 Å². The maximum Gasteiger partial charge on any atom is 0.315 e. The van der Waals surface area contributed by atoms with Gasteiger partial charge in [-0.15, -0.1) is 0 Å². The fourth-order valence-corrected chi connectivity index (χ4v) is 1.18. The summed E-state index contributed by atoms with van der Waals surface area (Å²) in [6.07, 6.45) is -0.139. The first kappa shape index (κ1) is 13.1. The van der Waals surface area contributed by atoms with E-state index in [0.717, 1.165) is 11.3 Å². The van der Waals surface area contributed by atoms with Crippen LogP contribution in [0.1, 0.15) is 32.8 Å². The van der Waals surface area contributed by atoms with Crippen molar-refractivity contribution < 1.29 is 14.6 Å². The number of carboxylic acids is 1. The number of benzene rings is 1. The summed E-state index contributed by atoms with van der Waals surface area (Å²) in [5, 5.41) is 8.44. The third-order valence-electron chi connectivity index (χ3n) is 1.75. The Labute approximate surface area is 101 Å². The summed E-state index contributed by atoms with van der Waals surface area (Å²) in [6, 6.07) is 7.29. The van der Waals surface area contributed by atoms with E-state index in [0.29, 0.717) is 0 Å². The maximum absolute atomic E-state index is 10.3. The van der Waals surface area contributed by atoms with Crippen molar-refractivity contribution in [2.45, 2.75) is 32.8 Å². The first-order valence-electron chi connectivity index (χ1n) is 5.36. The van der Waals surface area contributed by atoms with E-state index in [4.69, 9.17) is 9.84 Å². The molecule has 0 aliphatic heterocycles. The molecule has 0 radical (unpaired) electrons. The molecule has 17 heavy (non-hydrogen) atoms. The quantitative estimate of drug-likeness (QED) is 0.797. The Morgan fingerprint density at radius 3 is 2.35 bits per heavy atom. The molecule has 0 aromatic heterocycles. The lowest BCUT2D eigenvalue weighted by atomic mass is 10.1. The fourth-order valence-electron chi connectivity index (χ4n) is 1.18. The summed E-state index contributed by atoms with van der Waals surface area (Å²) in [7, 11) is 0. The highest BCUT2D eigenvalue weighted by Crippen LogP contribution is 2.18. The molecule has 0 aliphatic carbocycles. The van der Waals surface area contributed by atoms with Gasteiger partial charge < -0.3 is 9.84 Å². The Morgan fingerprint density at radius 1 is 1.29 bits per heavy atom. The largest absolute Gasteiger partial charge is 0.488 e. The number of carboxylic acid groups (broad SMARTS) is 1. The summed E-state index contributed by atoms with van der Waals surface area (Å²) in [5.41, 5.74) is 0.559. The van der Waals surface area contributed by atoms with Crippen molar-refractivity contribution in [2.75, 3.05) is 0 Å². The fraction of sp³-hybridized carbons (Fsp3) is 0.357. The average molecular weight is 232 g/mol. The minimum atomic E-state index is -0.912. The highest BCUT2D eigenvalue weighted by molar-refractivity contribution is 5.70. The molecule has 1 N–H and O–H groups in total. The SMILES string of the molecule is CC(C)(C)Oc1ccc(C#CCC(=O)O)cc1. The first-order chi connectivity index (χ1) is 7.87. The van der Waals surface area contributed by atoms with Gasteiger partial charge in [0.15, 0.2) is 0 Å². The predicted molar refractivity (Wildman–Crippen MR) is 66.0 cm³/mol. The minimum Gasteiger partial charge on any atom is -0.488 e. The molecule has 1 aromatic carbocycles. The van der Waals surface area contributed by atoms with Gasteiger partial charge in [0, 0.05) is 5.56 Å². The van der Waals surface area contributed by atoms with Crippen molar-refractivity contribution in [3.63, 3.8) is 0 Å². The standard InChI is InChI=1S/C14H16O3/c1-14(2,3)17-12-9-7-11(8-10-12)5-4-6-13(15)16/h7-10H,6H2,1-3H3,(H,15,16). The predicted octanol–water partition coefficient (Wildman–Crippen LogP) is 2.69. The van der Waals surface area contributed by atoms with Crippen molar-refractivity contribution in [1.29, 1.82) is 0 Å². The van der Waals surface area contributed by atoms with Crippen LogP contribution in [0.25, 0.3) is 0 Å². The third-order valence-corrected chi connectivity index (χ3v) is 1.75. The van der Waals surface area contributed by atoms with Crippen LogP contribution in [0.15, 0.2) is 24.3 Å². The van der Waals surface area contributed by atoms with Gasteiger partial charge >= 0.3 is 5.97 Å². The molecule has 1 aromatic rings. The van der Waals surface area contributed by atoms with Gasteiger partial charge in [-0.3, -0.25) is 4.79 Å². The summed E-state index contributed by atoms with van der Waals surface area (Å²) in [6.45, 7) is 5.94. The van der Waals surface area contributed by atoms with Crippen LogP contribution in [-0.2, 0) is 4.79 Å². The van der Waals surface area contributed by atoms with Gasteiger partial charge in [-0.05, 0) is 45.0 Å². The topological polar surface area (TPSA) is 46.5 Å². The van der Waals surface area contributed by atoms with Crippen molar-refractivity contribution in [3.05, 3.63) is 29.8 Å². The molecule has 0 heterocycles. The second kappa shape index (κ2) is 5.40. The van der Waals surface area contributed by atoms with Crippen LogP contribution in [0.2, 0.25) is 0 Å². The second-order valence-electron chi connectivity index (χ2n) is 4.61. The highest BCUT2D eigenvalue weighted by Gasteiger charge is 2.10. The van der Waals surface area contributed by atoms with E-state index in [1.54, 1.807) is 0 Å². The summed E-state index contributed by atoms with van der Waals surface area (Å²) in [4.78, 5) is 10.3. The summed E-state index contributed by atoms with van der Waals surface area (Å²) in [5.74, 6) is 5.23. The lowest BCUT2D eigenvalue weighted by Gasteiger charge is -2.21. The van der Waals surface area contributed by atoms with Gasteiger partial charge in [0.05, 0.1) is 0 Å². The molecule has 0 amide bonds. The molecule has 0 bridgehead atoms. The molecule has 3 heteroatoms. The molecule has 0 atom stereocenters. The van der Waals surface area contributed by atoms with Gasteiger partial charge in [-0.1, -0.05) is 11.8 Å². The molecule has 0 saturated heterocycles. The summed E-state index contributed by atoms with van der Waals surface area (Å²) >= 11 is 0. The Kier molecular flexibility index (Phi) is 4.17. The van der Waals surface area contributed by atoms with Crippen molar-refractivity contribution in [2.24, 2.45) is 0 Å². The number of ether oxygens (including phenoxy) is 1. The van der Waals surface area contributed by atoms with Gasteiger partial charge in [0.2, 0.25) is 0 Å². The zero-order valence-electron chi connectivity index (χ0n) is 10.3. The molecular formula is C14H16O3. The van der Waals surface area contributed by atoms with E-state index in [-0.39, 0.29) is 12.0 Å². The number of aliphatic carboxylic acids is 1. The summed E-state index contributed by atoms with van der Waals surface area (Å²) < 4.78 is 5.66. The first-order valence-corrected chi connectivity index (χ1v) is 5.36. The Morgan fingerprint density at radius 2 is 1.88 bits per heavy atom. The van der Waals surface area contributed by atoms with Gasteiger partial charge in [0.1, 0.15) is 17.8 Å². The van der Waals surface area contributed by atoms with Crippen LogP contribution in [0.4, 0.5) is 0 Å². The monoisotopic (exact) mass is 232 g/mol. The second-order valence-corrected chi connectivity index (χ2v) is 4.61. The number of hydrogen-bond donors (Lipinski definition) is 1. The molecule has 0 aliphatic rings. The van der Waals surface area contributed by atoms with Crippen LogP contribution < -0.4 is 4.74 Å². The van der Waals surface area contributed by atoms with E-state index in [9.17, 15) is 4.79 Å². The van der Waals surface area contributed by atoms with Gasteiger partial charge in [-0.25, -0.2) is 0 Å². The van der Waals surface area contributed by atoms with Gasteiger partial charge in [0.25, 0.3) is 0 Å². The van der Waals surface area contributed by atoms with Crippen molar-refractivity contribution in [3.8, 4) is 17.6 Å². The third kappa shape index (κ3) is 5.62. The number of hydrogen-bond acceptors (Lipinski definition) is 2. The zero-order valence-corrected chi connectivity index (χ0v) is 10.3. The molecule has 1 rings (SSSR count). The Bertz CT molecular complexity index is 441. The van der Waals surface area contributed by atoms with Gasteiger partial charge in [-0.2, -0.15) is 0 Å². The number of rotatable bonds is 2. The molecule has 3 nitrogen and oxygen atoms in total. The van der Waals surface area contributed by atoms with E-state index in [2.05, 4.69) is 11.8 Å². The molecular weight excluding hydrogens is 216 g/mol. The van der Waals surface area contributed by atoms with Crippen molar-refractivity contribution >= 4 is 5.97 Å². The smallest absolute Gasteiger partial charge is 0.315 e. The Balaban J connectivity index is 2.67. The van der Waals surface area contributed by atoms with Crippen LogP contribution in [-0.4, -0.2) is 16.7 Å². The molecule has 0 saturated carbocycles. The maximum atomic E-state index is 10.3. The van der Waals surface area contributed by atoms with Crippen LogP contribution >= 0.6 is 0 Å². The van der Waals surface area contributed by atoms with E-state index >= 15 is 0 Å². The Hall–Kier alpha value is -1.95. The lowest BCUT2D eigenvalue weighted by molar-refractivity contribution is -0.135. The highest BCUT2D eigenvalue weighted by atomic mass is 16.5. The molecule has 0 fully saturated rings. The average Bonchev–Trinajstić information content (AvgIpc) is 2.18.